The fourth-order valence-corrected chi connectivity index (χ4v) is 3.21. The lowest BCUT2D eigenvalue weighted by Gasteiger charge is -2.15. The number of aryl methyl sites for hydroxylation is 1. The van der Waals surface area contributed by atoms with Crippen LogP contribution in [0.2, 0.25) is 0 Å². The quantitative estimate of drug-likeness (QED) is 0.791. The molecule has 0 amide bonds. The van der Waals surface area contributed by atoms with E-state index in [1.54, 1.807) is 25.1 Å². The van der Waals surface area contributed by atoms with Gasteiger partial charge in [-0.3, -0.25) is 0 Å². The Morgan fingerprint density at radius 3 is 2.56 bits per heavy atom. The Balaban J connectivity index is 2.74. The number of rotatable bonds is 7. The molecule has 0 bridgehead atoms. The van der Waals surface area contributed by atoms with Gasteiger partial charge in [-0.25, -0.2) is 13.1 Å². The summed E-state index contributed by atoms with van der Waals surface area (Å²) in [4.78, 5) is 0.354. The van der Waals surface area contributed by atoms with Gasteiger partial charge in [-0.1, -0.05) is 31.5 Å². The van der Waals surface area contributed by atoms with Crippen LogP contribution in [0.3, 0.4) is 0 Å². The zero-order valence-electron chi connectivity index (χ0n) is 11.0. The minimum Gasteiger partial charge on any atom is -0.330 e. The molecule has 0 aliphatic heterocycles. The predicted octanol–water partition coefficient (Wildman–Crippen LogP) is 1.65. The highest BCUT2D eigenvalue weighted by Gasteiger charge is 2.17. The van der Waals surface area contributed by atoms with E-state index in [-0.39, 0.29) is 0 Å². The first kappa shape index (κ1) is 15.1. The highest BCUT2D eigenvalue weighted by Crippen LogP contribution is 2.14. The van der Waals surface area contributed by atoms with Crippen LogP contribution in [-0.4, -0.2) is 21.5 Å². The fraction of sp³-hybridized carbons (Fsp3) is 0.538. The lowest BCUT2D eigenvalue weighted by atomic mass is 10.0. The molecule has 0 radical (unpaired) electrons. The van der Waals surface area contributed by atoms with Crippen molar-refractivity contribution in [2.24, 2.45) is 11.7 Å². The van der Waals surface area contributed by atoms with E-state index in [2.05, 4.69) is 4.72 Å². The molecule has 1 atom stereocenters. The van der Waals surface area contributed by atoms with Crippen molar-refractivity contribution in [3.8, 4) is 0 Å². The van der Waals surface area contributed by atoms with Crippen LogP contribution >= 0.6 is 0 Å². The topological polar surface area (TPSA) is 72.2 Å². The lowest BCUT2D eigenvalue weighted by Crippen LogP contribution is -2.30. The van der Waals surface area contributed by atoms with Gasteiger partial charge in [0.1, 0.15) is 0 Å². The van der Waals surface area contributed by atoms with Gasteiger partial charge in [0.15, 0.2) is 0 Å². The zero-order chi connectivity index (χ0) is 13.6. The second kappa shape index (κ2) is 6.87. The molecule has 4 nitrogen and oxygen atoms in total. The molecule has 5 heteroatoms. The van der Waals surface area contributed by atoms with Crippen LogP contribution in [0.15, 0.2) is 29.2 Å². The number of nitrogens with two attached hydrogens (primary N) is 1. The molecule has 3 N–H and O–H groups in total. The Labute approximate surface area is 110 Å². The molecule has 1 aromatic rings. The molecule has 1 aromatic carbocycles. The summed E-state index contributed by atoms with van der Waals surface area (Å²) in [5.74, 6) is 0.300. The summed E-state index contributed by atoms with van der Waals surface area (Å²) in [5, 5.41) is 0. The van der Waals surface area contributed by atoms with Crippen LogP contribution in [0, 0.1) is 12.8 Å². The Kier molecular flexibility index (Phi) is 5.78. The van der Waals surface area contributed by atoms with Gasteiger partial charge in [0.2, 0.25) is 10.0 Å². The van der Waals surface area contributed by atoms with E-state index in [9.17, 15) is 8.42 Å². The molecule has 0 spiro atoms. The molecule has 0 fully saturated rings. The molecular formula is C13H22N2O2S. The molecule has 18 heavy (non-hydrogen) atoms. The largest absolute Gasteiger partial charge is 0.330 e. The Bertz CT molecular complexity index is 472. The van der Waals surface area contributed by atoms with Crippen molar-refractivity contribution in [3.63, 3.8) is 0 Å². The summed E-state index contributed by atoms with van der Waals surface area (Å²) in [6.45, 7) is 4.88. The fourth-order valence-electron chi connectivity index (χ4n) is 1.85. The van der Waals surface area contributed by atoms with Crippen molar-refractivity contribution in [1.29, 1.82) is 0 Å². The van der Waals surface area contributed by atoms with E-state index < -0.39 is 10.0 Å². The highest BCUT2D eigenvalue weighted by atomic mass is 32.2. The van der Waals surface area contributed by atoms with Gasteiger partial charge in [-0.2, -0.15) is 0 Å². The van der Waals surface area contributed by atoms with Gasteiger partial charge >= 0.3 is 0 Å². The predicted molar refractivity (Wildman–Crippen MR) is 73.8 cm³/mol. The highest BCUT2D eigenvalue weighted by molar-refractivity contribution is 7.89. The SMILES string of the molecule is CCC(CCN)CNS(=O)(=O)c1ccccc1C. The number of hydrogen-bond donors (Lipinski definition) is 2. The van der Waals surface area contributed by atoms with Crippen molar-refractivity contribution < 1.29 is 8.42 Å². The van der Waals surface area contributed by atoms with Gasteiger partial charge in [-0.15, -0.1) is 0 Å². The van der Waals surface area contributed by atoms with Crippen molar-refractivity contribution in [2.75, 3.05) is 13.1 Å². The first-order valence-electron chi connectivity index (χ1n) is 6.26. The smallest absolute Gasteiger partial charge is 0.240 e. The first-order chi connectivity index (χ1) is 8.51. The average molecular weight is 270 g/mol. The molecule has 0 saturated heterocycles. The average Bonchev–Trinajstić information content (AvgIpc) is 2.34. The van der Waals surface area contributed by atoms with Crippen LogP contribution < -0.4 is 10.5 Å². The van der Waals surface area contributed by atoms with Gasteiger partial charge < -0.3 is 5.73 Å². The number of hydrogen-bond acceptors (Lipinski definition) is 3. The van der Waals surface area contributed by atoms with Crippen LogP contribution in [0.1, 0.15) is 25.3 Å². The summed E-state index contributed by atoms with van der Waals surface area (Å²) in [5.41, 5.74) is 6.26. The van der Waals surface area contributed by atoms with Crippen LogP contribution in [0.5, 0.6) is 0 Å². The summed E-state index contributed by atoms with van der Waals surface area (Å²) >= 11 is 0. The molecule has 0 aliphatic carbocycles. The molecule has 1 rings (SSSR count). The molecule has 0 heterocycles. The van der Waals surface area contributed by atoms with Crippen LogP contribution in [0.25, 0.3) is 0 Å². The van der Waals surface area contributed by atoms with Crippen molar-refractivity contribution in [1.82, 2.24) is 4.72 Å². The Morgan fingerprint density at radius 2 is 2.00 bits per heavy atom. The summed E-state index contributed by atoms with van der Waals surface area (Å²) < 4.78 is 26.9. The summed E-state index contributed by atoms with van der Waals surface area (Å²) in [6, 6.07) is 6.99. The standard InChI is InChI=1S/C13H22N2O2S/c1-3-12(8-9-14)10-15-18(16,17)13-7-5-4-6-11(13)2/h4-7,12,15H,3,8-10,14H2,1-2H3. The monoisotopic (exact) mass is 270 g/mol. The number of nitrogens with one attached hydrogen (secondary N) is 1. The second-order valence-electron chi connectivity index (χ2n) is 4.47. The molecule has 0 saturated carbocycles. The minimum atomic E-state index is -3.41. The number of benzene rings is 1. The molecule has 0 aliphatic rings. The number of sulfonamides is 1. The van der Waals surface area contributed by atoms with Crippen LogP contribution in [-0.2, 0) is 10.0 Å². The van der Waals surface area contributed by atoms with Gasteiger partial charge in [0.25, 0.3) is 0 Å². The van der Waals surface area contributed by atoms with E-state index in [1.807, 2.05) is 13.0 Å². The lowest BCUT2D eigenvalue weighted by molar-refractivity contribution is 0.466. The molecule has 0 aromatic heterocycles. The van der Waals surface area contributed by atoms with E-state index in [1.165, 1.54) is 0 Å². The molecular weight excluding hydrogens is 248 g/mol. The normalized spacial score (nSPS) is 13.5. The Morgan fingerprint density at radius 1 is 1.33 bits per heavy atom. The first-order valence-corrected chi connectivity index (χ1v) is 7.75. The van der Waals surface area contributed by atoms with E-state index in [0.29, 0.717) is 23.9 Å². The van der Waals surface area contributed by atoms with Crippen LogP contribution in [0.4, 0.5) is 0 Å². The van der Waals surface area contributed by atoms with Crippen molar-refractivity contribution in [3.05, 3.63) is 29.8 Å². The van der Waals surface area contributed by atoms with Gasteiger partial charge in [0.05, 0.1) is 4.90 Å². The molecule has 1 unspecified atom stereocenters. The maximum atomic E-state index is 12.1. The second-order valence-corrected chi connectivity index (χ2v) is 6.20. The third-order valence-corrected chi connectivity index (χ3v) is 4.68. The van der Waals surface area contributed by atoms with E-state index in [4.69, 9.17) is 5.73 Å². The maximum Gasteiger partial charge on any atom is 0.240 e. The molecule has 102 valence electrons. The zero-order valence-corrected chi connectivity index (χ0v) is 11.8. The van der Waals surface area contributed by atoms with E-state index >= 15 is 0 Å². The Hall–Kier alpha value is -0.910. The third kappa shape index (κ3) is 4.08. The maximum absolute atomic E-state index is 12.1. The minimum absolute atomic E-state index is 0.300. The third-order valence-electron chi connectivity index (χ3n) is 3.10. The summed E-state index contributed by atoms with van der Waals surface area (Å²) in [6.07, 6.45) is 1.76. The van der Waals surface area contributed by atoms with Gasteiger partial charge in [-0.05, 0) is 37.4 Å². The van der Waals surface area contributed by atoms with Gasteiger partial charge in [0, 0.05) is 6.54 Å². The van der Waals surface area contributed by atoms with Crippen molar-refractivity contribution >= 4 is 10.0 Å². The van der Waals surface area contributed by atoms with Crippen molar-refractivity contribution in [2.45, 2.75) is 31.6 Å². The van der Waals surface area contributed by atoms with E-state index in [0.717, 1.165) is 18.4 Å². The summed E-state index contributed by atoms with van der Waals surface area (Å²) in [7, 11) is -3.41.